The van der Waals surface area contributed by atoms with Gasteiger partial charge in [0.1, 0.15) is 18.7 Å². The molecule has 0 saturated carbocycles. The maximum Gasteiger partial charge on any atom is 0.407 e. The Bertz CT molecular complexity index is 1940. The number of methoxy groups -OCH3 is 1. The van der Waals surface area contributed by atoms with Gasteiger partial charge in [-0.25, -0.2) is 9.59 Å². The van der Waals surface area contributed by atoms with Crippen molar-refractivity contribution < 1.29 is 38.5 Å². The summed E-state index contributed by atoms with van der Waals surface area (Å²) in [6.45, 7) is -0.452. The molecular weight excluding hydrogens is 889 g/mol. The van der Waals surface area contributed by atoms with E-state index in [1.165, 1.54) is 7.11 Å². The maximum atomic E-state index is 13.6. The number of amides is 3. The number of nitrogens with one attached hydrogen (secondary N) is 3. The van der Waals surface area contributed by atoms with Crippen LogP contribution in [0.2, 0.25) is 0 Å². The van der Waals surface area contributed by atoms with Crippen molar-refractivity contribution in [2.45, 2.75) is 30.8 Å². The lowest BCUT2D eigenvalue weighted by Gasteiger charge is -2.21. The summed E-state index contributed by atoms with van der Waals surface area (Å²) < 4.78 is 18.2. The molecule has 0 fully saturated rings. The summed E-state index contributed by atoms with van der Waals surface area (Å²) in [5.41, 5.74) is 5.43. The van der Waals surface area contributed by atoms with Gasteiger partial charge >= 0.3 is 12.1 Å². The summed E-state index contributed by atoms with van der Waals surface area (Å²) in [7, 11) is 1.21. The van der Waals surface area contributed by atoms with E-state index in [2.05, 4.69) is 47.8 Å². The predicted molar refractivity (Wildman–Crippen MR) is 199 cm³/mol. The zero-order valence-corrected chi connectivity index (χ0v) is 31.8. The van der Waals surface area contributed by atoms with Gasteiger partial charge in [0.2, 0.25) is 11.8 Å². The molecule has 11 nitrogen and oxygen atoms in total. The summed E-state index contributed by atoms with van der Waals surface area (Å²) in [5.74, 6) is -1.86. The van der Waals surface area contributed by atoms with E-state index in [1.54, 1.807) is 24.3 Å². The van der Waals surface area contributed by atoms with E-state index in [9.17, 15) is 24.3 Å². The van der Waals surface area contributed by atoms with E-state index in [0.29, 0.717) is 29.4 Å². The first-order valence-electron chi connectivity index (χ1n) is 15.5. The number of carbonyl (C=O) groups excluding carboxylic acids is 4. The Kier molecular flexibility index (Phi) is 11.0. The largest absolute Gasteiger partial charge is 0.504 e. The summed E-state index contributed by atoms with van der Waals surface area (Å²) in [5, 5.41) is 18.8. The first kappa shape index (κ1) is 35.7. The van der Waals surface area contributed by atoms with Gasteiger partial charge in [-0.2, -0.15) is 0 Å². The number of fused-ring (bicyclic) bond motifs is 13. The highest BCUT2D eigenvalue weighted by atomic mass is 127. The Morgan fingerprint density at radius 3 is 2.22 bits per heavy atom. The van der Waals surface area contributed by atoms with Gasteiger partial charge < -0.3 is 35.3 Å². The van der Waals surface area contributed by atoms with Gasteiger partial charge in [0.15, 0.2) is 17.2 Å². The summed E-state index contributed by atoms with van der Waals surface area (Å²) in [6, 6.07) is 20.3. The Labute approximate surface area is 317 Å². The van der Waals surface area contributed by atoms with Crippen LogP contribution < -0.4 is 20.7 Å². The monoisotopic (exact) mass is 917 g/mol. The first-order valence-corrected chi connectivity index (χ1v) is 18.1. The molecule has 0 spiro atoms. The molecule has 0 saturated heterocycles. The maximum absolute atomic E-state index is 13.6. The van der Waals surface area contributed by atoms with Crippen LogP contribution in [0.25, 0.3) is 11.1 Å². The quantitative estimate of drug-likeness (QED) is 0.142. The summed E-state index contributed by atoms with van der Waals surface area (Å²) in [4.78, 5) is 52.5. The molecule has 2 aliphatic heterocycles. The standard InChI is InChI=1S/C36H30Br2IN3O8/c1-48-35(46)29-14-18-10-25(37)33(26(38)11-18)50-30-15-19(12-27(39)32(30)44)13-28(34(45)40-16-31(43)41-29)42-36(47)49-17-24-22-8-4-2-6-20(22)21-7-3-5-9-23(21)24/h2-12,15,24,28-29,44H,13-14,16-17H2,1H3,(H,40,45)(H,41,43)(H,42,47)/t28-,29-/m0/s1. The van der Waals surface area contributed by atoms with Crippen molar-refractivity contribution in [3.05, 3.63) is 108 Å². The highest BCUT2D eigenvalue weighted by Crippen LogP contribution is 2.45. The SMILES string of the molecule is COC(=O)[C@@H]1Cc2cc(Br)c(c(Br)c2)Oc2cc(cc(I)c2O)C[C@H](NC(=O)OCC2c3ccccc3-c3ccccc32)C(=O)NCC(=O)N1. The molecule has 3 amide bonds. The topological polar surface area (TPSA) is 152 Å². The molecule has 14 heteroatoms. The minimum absolute atomic E-state index is 0.0308. The Balaban J connectivity index is 1.28. The number of carbonyl (C=O) groups is 4. The fraction of sp³-hybridized carbons (Fsp3) is 0.222. The normalized spacial score (nSPS) is 17.4. The molecule has 50 heavy (non-hydrogen) atoms. The molecule has 2 atom stereocenters. The lowest BCUT2D eigenvalue weighted by atomic mass is 9.98. The lowest BCUT2D eigenvalue weighted by Crippen LogP contribution is -2.52. The lowest BCUT2D eigenvalue weighted by molar-refractivity contribution is -0.145. The van der Waals surface area contributed by atoms with Crippen molar-refractivity contribution in [2.75, 3.05) is 20.3 Å². The zero-order valence-electron chi connectivity index (χ0n) is 26.4. The van der Waals surface area contributed by atoms with Crippen LogP contribution in [0.1, 0.15) is 28.2 Å². The molecule has 4 bridgehead atoms. The third kappa shape index (κ3) is 7.76. The van der Waals surface area contributed by atoms with Gasteiger partial charge in [-0.05, 0) is 112 Å². The molecule has 3 aliphatic rings. The Morgan fingerprint density at radius 2 is 1.58 bits per heavy atom. The number of ether oxygens (including phenoxy) is 3. The second-order valence-electron chi connectivity index (χ2n) is 11.7. The number of rotatable bonds is 4. The van der Waals surface area contributed by atoms with Crippen LogP contribution in [-0.4, -0.2) is 61.3 Å². The molecule has 258 valence electrons. The van der Waals surface area contributed by atoms with Gasteiger partial charge in [-0.3, -0.25) is 9.59 Å². The van der Waals surface area contributed by atoms with Crippen molar-refractivity contribution in [2.24, 2.45) is 0 Å². The van der Waals surface area contributed by atoms with E-state index < -0.39 is 42.5 Å². The van der Waals surface area contributed by atoms with Crippen molar-refractivity contribution in [3.63, 3.8) is 0 Å². The average Bonchev–Trinajstić information content (AvgIpc) is 3.42. The molecule has 2 heterocycles. The molecule has 0 radical (unpaired) electrons. The highest BCUT2D eigenvalue weighted by molar-refractivity contribution is 14.1. The van der Waals surface area contributed by atoms with Crippen LogP contribution in [0.5, 0.6) is 17.2 Å². The van der Waals surface area contributed by atoms with Crippen LogP contribution in [0, 0.1) is 3.57 Å². The number of hydrogen-bond acceptors (Lipinski definition) is 8. The molecule has 4 aromatic rings. The van der Waals surface area contributed by atoms with Crippen molar-refractivity contribution in [3.8, 4) is 28.4 Å². The van der Waals surface area contributed by atoms with Crippen LogP contribution in [0.15, 0.2) is 81.7 Å². The number of phenolic OH excluding ortho intramolecular Hbond substituents is 1. The zero-order chi connectivity index (χ0) is 35.5. The van der Waals surface area contributed by atoms with E-state index >= 15 is 0 Å². The van der Waals surface area contributed by atoms with Gasteiger partial charge in [-0.15, -0.1) is 0 Å². The van der Waals surface area contributed by atoms with Gasteiger partial charge in [0.25, 0.3) is 0 Å². The number of phenols is 1. The van der Waals surface area contributed by atoms with Crippen LogP contribution in [-0.2, 0) is 36.7 Å². The summed E-state index contributed by atoms with van der Waals surface area (Å²) in [6.07, 6.45) is -0.809. The number of alkyl carbamates (subject to hydrolysis) is 1. The van der Waals surface area contributed by atoms with Crippen LogP contribution in [0.3, 0.4) is 0 Å². The predicted octanol–water partition coefficient (Wildman–Crippen LogP) is 6.09. The third-order valence-electron chi connectivity index (χ3n) is 8.43. The molecule has 1 aliphatic carbocycles. The number of hydrogen-bond donors (Lipinski definition) is 4. The van der Waals surface area contributed by atoms with Gasteiger partial charge in [0.05, 0.1) is 26.2 Å². The Morgan fingerprint density at radius 1 is 0.960 bits per heavy atom. The van der Waals surface area contributed by atoms with Crippen molar-refractivity contribution >= 4 is 78.3 Å². The molecule has 7 rings (SSSR count). The minimum Gasteiger partial charge on any atom is -0.504 e. The minimum atomic E-state index is -1.20. The van der Waals surface area contributed by atoms with Gasteiger partial charge in [-0.1, -0.05) is 48.5 Å². The van der Waals surface area contributed by atoms with Crippen molar-refractivity contribution in [1.82, 2.24) is 16.0 Å². The van der Waals surface area contributed by atoms with Gasteiger partial charge in [0, 0.05) is 18.8 Å². The first-order chi connectivity index (χ1) is 24.0. The smallest absolute Gasteiger partial charge is 0.407 e. The molecule has 0 unspecified atom stereocenters. The molecular formula is C36H30Br2IN3O8. The Hall–Kier alpha value is -4.15. The van der Waals surface area contributed by atoms with E-state index in [-0.39, 0.29) is 36.9 Å². The molecule has 4 aromatic carbocycles. The fourth-order valence-electron chi connectivity index (χ4n) is 6.10. The van der Waals surface area contributed by atoms with Crippen LogP contribution in [0.4, 0.5) is 4.79 Å². The second kappa shape index (κ2) is 15.4. The van der Waals surface area contributed by atoms with E-state index in [4.69, 9.17) is 14.2 Å². The van der Waals surface area contributed by atoms with E-state index in [1.807, 2.05) is 71.1 Å². The average molecular weight is 919 g/mol. The number of aromatic hydroxyl groups is 1. The molecule has 0 aromatic heterocycles. The van der Waals surface area contributed by atoms with Crippen LogP contribution >= 0.6 is 54.5 Å². The number of halogens is 3. The second-order valence-corrected chi connectivity index (χ2v) is 14.6. The molecule has 4 N–H and O–H groups in total. The van der Waals surface area contributed by atoms with Crippen molar-refractivity contribution in [1.29, 1.82) is 0 Å². The number of benzene rings is 4. The number of esters is 1. The highest BCUT2D eigenvalue weighted by Gasteiger charge is 2.31. The fourth-order valence-corrected chi connectivity index (χ4v) is 8.20. The third-order valence-corrected chi connectivity index (χ3v) is 10.4. The summed E-state index contributed by atoms with van der Waals surface area (Å²) >= 11 is 8.97. The van der Waals surface area contributed by atoms with E-state index in [0.717, 1.165) is 22.3 Å².